The number of aromatic nitrogens is 2. The number of hydrogen-bond acceptors (Lipinski definition) is 4. The van der Waals surface area contributed by atoms with Gasteiger partial charge in [0.25, 0.3) is 0 Å². The Morgan fingerprint density at radius 1 is 1.08 bits per heavy atom. The lowest BCUT2D eigenvalue weighted by molar-refractivity contribution is 0.206. The number of amides is 2. The first-order chi connectivity index (χ1) is 12.0. The third-order valence-electron chi connectivity index (χ3n) is 4.46. The molecule has 3 rings (SSSR count). The number of benzene rings is 1. The molecule has 0 unspecified atom stereocenters. The minimum Gasteiger partial charge on any atom is -0.347 e. The number of fused-ring (bicyclic) bond motifs is 1. The molecule has 0 fully saturated rings. The Labute approximate surface area is 148 Å². The number of rotatable bonds is 5. The van der Waals surface area contributed by atoms with Crippen molar-refractivity contribution in [2.75, 3.05) is 26.0 Å². The van der Waals surface area contributed by atoms with Crippen LogP contribution in [-0.4, -0.2) is 42.0 Å². The molecule has 132 valence electrons. The van der Waals surface area contributed by atoms with E-state index in [0.717, 1.165) is 17.5 Å². The summed E-state index contributed by atoms with van der Waals surface area (Å²) in [6, 6.07) is 6.42. The van der Waals surface area contributed by atoms with Crippen LogP contribution in [0.5, 0.6) is 0 Å². The predicted octanol–water partition coefficient (Wildman–Crippen LogP) is 2.37. The summed E-state index contributed by atoms with van der Waals surface area (Å²) >= 11 is 0. The molecule has 25 heavy (non-hydrogen) atoms. The molecule has 2 amide bonds. The van der Waals surface area contributed by atoms with E-state index in [1.165, 1.54) is 24.0 Å². The van der Waals surface area contributed by atoms with Gasteiger partial charge in [-0.15, -0.1) is 0 Å². The average molecular weight is 339 g/mol. The maximum atomic E-state index is 12.3. The Bertz CT molecular complexity index is 742. The van der Waals surface area contributed by atoms with Crippen molar-refractivity contribution in [2.45, 2.75) is 32.4 Å². The van der Waals surface area contributed by atoms with Gasteiger partial charge in [-0.05, 0) is 36.0 Å². The smallest absolute Gasteiger partial charge is 0.317 e. The Kier molecular flexibility index (Phi) is 5.16. The van der Waals surface area contributed by atoms with Gasteiger partial charge in [0.05, 0.1) is 6.54 Å². The molecule has 0 aliphatic heterocycles. The standard InChI is InChI=1S/C19H25N5O/c1-23(2)18-20-11-15(12-21-18)13-24(3)19(25)22-10-14-7-8-16-5-4-6-17(16)9-14/h7-9,11-12H,4-6,10,13H2,1-3H3,(H,22,25). The number of aryl methyl sites for hydroxylation is 2. The Balaban J connectivity index is 1.52. The summed E-state index contributed by atoms with van der Waals surface area (Å²) in [6.07, 6.45) is 7.08. The lowest BCUT2D eigenvalue weighted by atomic mass is 10.1. The topological polar surface area (TPSA) is 61.4 Å². The minimum atomic E-state index is -0.0998. The molecule has 2 aromatic rings. The maximum Gasteiger partial charge on any atom is 0.317 e. The highest BCUT2D eigenvalue weighted by Gasteiger charge is 2.13. The first-order valence-electron chi connectivity index (χ1n) is 8.61. The summed E-state index contributed by atoms with van der Waals surface area (Å²) in [4.78, 5) is 24.3. The molecule has 0 saturated carbocycles. The van der Waals surface area contributed by atoms with E-state index < -0.39 is 0 Å². The van der Waals surface area contributed by atoms with Crippen LogP contribution in [0.3, 0.4) is 0 Å². The van der Waals surface area contributed by atoms with Crippen LogP contribution in [0.2, 0.25) is 0 Å². The van der Waals surface area contributed by atoms with E-state index in [4.69, 9.17) is 0 Å². The van der Waals surface area contributed by atoms with Crippen LogP contribution in [-0.2, 0) is 25.9 Å². The first-order valence-corrected chi connectivity index (χ1v) is 8.61. The van der Waals surface area contributed by atoms with Crippen LogP contribution in [0.15, 0.2) is 30.6 Å². The van der Waals surface area contributed by atoms with Crippen LogP contribution >= 0.6 is 0 Å². The van der Waals surface area contributed by atoms with Gasteiger partial charge in [-0.3, -0.25) is 0 Å². The van der Waals surface area contributed by atoms with Crippen molar-refractivity contribution in [3.8, 4) is 0 Å². The molecule has 0 spiro atoms. The van der Waals surface area contributed by atoms with Gasteiger partial charge in [-0.25, -0.2) is 14.8 Å². The van der Waals surface area contributed by atoms with Crippen LogP contribution in [0.25, 0.3) is 0 Å². The fourth-order valence-electron chi connectivity index (χ4n) is 3.05. The monoisotopic (exact) mass is 339 g/mol. The lowest BCUT2D eigenvalue weighted by Crippen LogP contribution is -2.36. The Morgan fingerprint density at radius 2 is 1.80 bits per heavy atom. The highest BCUT2D eigenvalue weighted by molar-refractivity contribution is 5.73. The van der Waals surface area contributed by atoms with Gasteiger partial charge in [0.2, 0.25) is 5.95 Å². The zero-order valence-corrected chi connectivity index (χ0v) is 15.1. The van der Waals surface area contributed by atoms with Gasteiger partial charge in [0.1, 0.15) is 0 Å². The third-order valence-corrected chi connectivity index (χ3v) is 4.46. The van der Waals surface area contributed by atoms with Crippen LogP contribution in [0.4, 0.5) is 10.7 Å². The number of carbonyl (C=O) groups is 1. The molecule has 0 bridgehead atoms. The van der Waals surface area contributed by atoms with Crippen molar-refractivity contribution >= 4 is 12.0 Å². The highest BCUT2D eigenvalue weighted by Crippen LogP contribution is 2.22. The molecule has 0 radical (unpaired) electrons. The molecule has 1 aliphatic carbocycles. The lowest BCUT2D eigenvalue weighted by Gasteiger charge is -2.18. The summed E-state index contributed by atoms with van der Waals surface area (Å²) in [7, 11) is 5.57. The van der Waals surface area contributed by atoms with Crippen molar-refractivity contribution < 1.29 is 4.79 Å². The number of hydrogen-bond donors (Lipinski definition) is 1. The Hall–Kier alpha value is -2.63. The van der Waals surface area contributed by atoms with Gasteiger partial charge < -0.3 is 15.1 Å². The van der Waals surface area contributed by atoms with Crippen molar-refractivity contribution in [1.29, 1.82) is 0 Å². The molecule has 6 heteroatoms. The molecule has 1 N–H and O–H groups in total. The van der Waals surface area contributed by atoms with Crippen molar-refractivity contribution in [1.82, 2.24) is 20.2 Å². The first kappa shape index (κ1) is 17.2. The molecule has 1 aliphatic rings. The Morgan fingerprint density at radius 3 is 2.52 bits per heavy atom. The summed E-state index contributed by atoms with van der Waals surface area (Å²) in [5.74, 6) is 0.660. The molecular weight excluding hydrogens is 314 g/mol. The van der Waals surface area contributed by atoms with E-state index in [1.54, 1.807) is 24.3 Å². The van der Waals surface area contributed by atoms with Gasteiger partial charge in [0.15, 0.2) is 0 Å². The average Bonchev–Trinajstić information content (AvgIpc) is 3.07. The normalized spacial score (nSPS) is 12.6. The zero-order chi connectivity index (χ0) is 17.8. The molecule has 0 atom stereocenters. The summed E-state index contributed by atoms with van der Waals surface area (Å²) < 4.78 is 0. The zero-order valence-electron chi connectivity index (χ0n) is 15.1. The van der Waals surface area contributed by atoms with E-state index >= 15 is 0 Å². The SMILES string of the molecule is CN(Cc1cnc(N(C)C)nc1)C(=O)NCc1ccc2c(c1)CCC2. The van der Waals surface area contributed by atoms with Crippen LogP contribution in [0.1, 0.15) is 28.7 Å². The van der Waals surface area contributed by atoms with Crippen molar-refractivity contribution in [3.63, 3.8) is 0 Å². The molecular formula is C19H25N5O. The van der Waals surface area contributed by atoms with Gasteiger partial charge >= 0.3 is 6.03 Å². The minimum absolute atomic E-state index is 0.0998. The van der Waals surface area contributed by atoms with Crippen LogP contribution in [0, 0.1) is 0 Å². The second kappa shape index (κ2) is 7.51. The van der Waals surface area contributed by atoms with Crippen molar-refractivity contribution in [2.24, 2.45) is 0 Å². The maximum absolute atomic E-state index is 12.3. The quantitative estimate of drug-likeness (QED) is 0.908. The van der Waals surface area contributed by atoms with Crippen LogP contribution < -0.4 is 10.2 Å². The molecule has 1 aromatic heterocycles. The summed E-state index contributed by atoms with van der Waals surface area (Å²) in [6.45, 7) is 1.02. The fourth-order valence-corrected chi connectivity index (χ4v) is 3.05. The molecule has 6 nitrogen and oxygen atoms in total. The molecule has 1 heterocycles. The van der Waals surface area contributed by atoms with E-state index in [-0.39, 0.29) is 6.03 Å². The second-order valence-electron chi connectivity index (χ2n) is 6.76. The molecule has 1 aromatic carbocycles. The van der Waals surface area contributed by atoms with Gasteiger partial charge in [-0.2, -0.15) is 0 Å². The van der Waals surface area contributed by atoms with Crippen molar-refractivity contribution in [3.05, 3.63) is 52.8 Å². The van der Waals surface area contributed by atoms with E-state index in [1.807, 2.05) is 19.0 Å². The number of nitrogens with one attached hydrogen (secondary N) is 1. The van der Waals surface area contributed by atoms with Gasteiger partial charge in [0, 0.05) is 45.6 Å². The number of anilines is 1. The highest BCUT2D eigenvalue weighted by atomic mass is 16.2. The largest absolute Gasteiger partial charge is 0.347 e. The van der Waals surface area contributed by atoms with E-state index in [0.29, 0.717) is 19.0 Å². The third kappa shape index (κ3) is 4.26. The second-order valence-corrected chi connectivity index (χ2v) is 6.76. The summed E-state index contributed by atoms with van der Waals surface area (Å²) in [5, 5.41) is 2.98. The fraction of sp³-hybridized carbons (Fsp3) is 0.421. The molecule has 0 saturated heterocycles. The number of urea groups is 1. The van der Waals surface area contributed by atoms with E-state index in [2.05, 4.69) is 33.5 Å². The number of nitrogens with zero attached hydrogens (tertiary/aromatic N) is 4. The number of carbonyl (C=O) groups excluding carboxylic acids is 1. The predicted molar refractivity (Wildman–Crippen MR) is 98.5 cm³/mol. The van der Waals surface area contributed by atoms with Gasteiger partial charge in [-0.1, -0.05) is 18.2 Å². The van der Waals surface area contributed by atoms with E-state index in [9.17, 15) is 4.79 Å². The summed E-state index contributed by atoms with van der Waals surface area (Å²) in [5.41, 5.74) is 4.94.